The van der Waals surface area contributed by atoms with Crippen LogP contribution in [0.4, 0.5) is 0 Å². The van der Waals surface area contributed by atoms with Gasteiger partial charge in [-0.1, -0.05) is 12.1 Å². The predicted octanol–water partition coefficient (Wildman–Crippen LogP) is 2.24. The molecule has 20 heavy (non-hydrogen) atoms. The van der Waals surface area contributed by atoms with Crippen molar-refractivity contribution in [2.45, 2.75) is 6.92 Å². The van der Waals surface area contributed by atoms with E-state index in [0.717, 1.165) is 5.56 Å². The first-order valence-corrected chi connectivity index (χ1v) is 6.26. The van der Waals surface area contributed by atoms with Crippen molar-refractivity contribution >= 4 is 12.1 Å². The number of carbonyl (C=O) groups excluding carboxylic acids is 1. The van der Waals surface area contributed by atoms with Gasteiger partial charge in [-0.2, -0.15) is 5.10 Å². The third kappa shape index (κ3) is 3.65. The maximum absolute atomic E-state index is 12.0. The van der Waals surface area contributed by atoms with Crippen molar-refractivity contribution < 1.29 is 9.53 Å². The van der Waals surface area contributed by atoms with Crippen molar-refractivity contribution in [3.8, 4) is 5.75 Å². The van der Waals surface area contributed by atoms with E-state index in [2.05, 4.69) is 15.5 Å². The molecule has 0 bridgehead atoms. The van der Waals surface area contributed by atoms with Gasteiger partial charge in [0, 0.05) is 12.4 Å². The van der Waals surface area contributed by atoms with Crippen LogP contribution >= 0.6 is 0 Å². The van der Waals surface area contributed by atoms with E-state index in [1.54, 1.807) is 48.9 Å². The number of ether oxygens (including phenoxy) is 1. The Morgan fingerprint density at radius 1 is 1.30 bits per heavy atom. The van der Waals surface area contributed by atoms with Gasteiger partial charge in [-0.15, -0.1) is 0 Å². The second kappa shape index (κ2) is 7.04. The third-order valence-corrected chi connectivity index (χ3v) is 2.52. The summed E-state index contributed by atoms with van der Waals surface area (Å²) in [5.74, 6) is 0.242. The number of aromatic nitrogens is 1. The summed E-state index contributed by atoms with van der Waals surface area (Å²) in [6.07, 6.45) is 4.88. The number of hydrogen-bond donors (Lipinski definition) is 1. The molecule has 0 saturated heterocycles. The van der Waals surface area contributed by atoms with Gasteiger partial charge in [0.25, 0.3) is 5.91 Å². The summed E-state index contributed by atoms with van der Waals surface area (Å²) in [4.78, 5) is 15.9. The van der Waals surface area contributed by atoms with Crippen molar-refractivity contribution in [2.24, 2.45) is 5.10 Å². The number of carbonyl (C=O) groups is 1. The van der Waals surface area contributed by atoms with Gasteiger partial charge in [0.2, 0.25) is 0 Å². The zero-order valence-corrected chi connectivity index (χ0v) is 11.1. The summed E-state index contributed by atoms with van der Waals surface area (Å²) >= 11 is 0. The van der Waals surface area contributed by atoms with Crippen LogP contribution < -0.4 is 10.2 Å². The number of rotatable bonds is 5. The minimum absolute atomic E-state index is 0.306. The normalized spacial score (nSPS) is 10.4. The maximum atomic E-state index is 12.0. The van der Waals surface area contributed by atoms with E-state index in [9.17, 15) is 4.79 Å². The first kappa shape index (κ1) is 13.7. The van der Waals surface area contributed by atoms with Gasteiger partial charge in [0.15, 0.2) is 0 Å². The highest BCUT2D eigenvalue weighted by atomic mass is 16.5. The molecule has 5 nitrogen and oxygen atoms in total. The van der Waals surface area contributed by atoms with Crippen LogP contribution in [0.3, 0.4) is 0 Å². The van der Waals surface area contributed by atoms with Crippen LogP contribution in [-0.4, -0.2) is 23.7 Å². The Kier molecular flexibility index (Phi) is 4.83. The summed E-state index contributed by atoms with van der Waals surface area (Å²) in [6, 6.07) is 10.6. The average molecular weight is 269 g/mol. The number of nitrogens with zero attached hydrogens (tertiary/aromatic N) is 2. The third-order valence-electron chi connectivity index (χ3n) is 2.52. The number of pyridine rings is 1. The zero-order valence-electron chi connectivity index (χ0n) is 11.1. The summed E-state index contributed by atoms with van der Waals surface area (Å²) in [5.41, 5.74) is 3.80. The van der Waals surface area contributed by atoms with Gasteiger partial charge < -0.3 is 4.74 Å². The summed E-state index contributed by atoms with van der Waals surface area (Å²) < 4.78 is 5.40. The zero-order chi connectivity index (χ0) is 14.2. The van der Waals surface area contributed by atoms with Gasteiger partial charge in [-0.3, -0.25) is 9.78 Å². The lowest BCUT2D eigenvalue weighted by Crippen LogP contribution is -2.18. The molecule has 0 fully saturated rings. The molecule has 0 radical (unpaired) electrons. The van der Waals surface area contributed by atoms with Crippen LogP contribution in [0.5, 0.6) is 5.75 Å². The monoisotopic (exact) mass is 269 g/mol. The number of hydrogen-bond acceptors (Lipinski definition) is 4. The minimum Gasteiger partial charge on any atom is -0.493 e. The van der Waals surface area contributed by atoms with Crippen molar-refractivity contribution in [3.63, 3.8) is 0 Å². The molecular formula is C15H15N3O2. The second-order valence-corrected chi connectivity index (χ2v) is 3.91. The Bertz CT molecular complexity index is 597. The molecule has 1 aromatic heterocycles. The molecule has 2 aromatic rings. The Labute approximate surface area is 117 Å². The molecule has 0 unspecified atom stereocenters. The smallest absolute Gasteiger partial charge is 0.275 e. The van der Waals surface area contributed by atoms with E-state index in [1.807, 2.05) is 13.0 Å². The summed E-state index contributed by atoms with van der Waals surface area (Å²) in [7, 11) is 0. The lowest BCUT2D eigenvalue weighted by Gasteiger charge is -2.08. The molecule has 1 N–H and O–H groups in total. The molecule has 102 valence electrons. The van der Waals surface area contributed by atoms with Crippen molar-refractivity contribution in [1.82, 2.24) is 10.4 Å². The molecule has 0 aliphatic heterocycles. The molecule has 0 aliphatic carbocycles. The maximum Gasteiger partial charge on any atom is 0.275 e. The lowest BCUT2D eigenvalue weighted by atomic mass is 10.2. The van der Waals surface area contributed by atoms with Gasteiger partial charge in [0.1, 0.15) is 5.75 Å². The fraction of sp³-hybridized carbons (Fsp3) is 0.133. The first-order chi connectivity index (χ1) is 9.81. The highest BCUT2D eigenvalue weighted by Gasteiger charge is 2.10. The lowest BCUT2D eigenvalue weighted by molar-refractivity contribution is 0.0951. The van der Waals surface area contributed by atoms with Gasteiger partial charge >= 0.3 is 0 Å². The van der Waals surface area contributed by atoms with E-state index in [-0.39, 0.29) is 5.91 Å². The van der Waals surface area contributed by atoms with Crippen LogP contribution in [0, 0.1) is 0 Å². The van der Waals surface area contributed by atoms with Gasteiger partial charge in [-0.05, 0) is 36.8 Å². The van der Waals surface area contributed by atoms with Crippen LogP contribution in [0.1, 0.15) is 22.8 Å². The minimum atomic E-state index is -0.306. The largest absolute Gasteiger partial charge is 0.493 e. The first-order valence-electron chi connectivity index (χ1n) is 6.26. The Morgan fingerprint density at radius 3 is 2.80 bits per heavy atom. The molecular weight excluding hydrogens is 254 g/mol. The SMILES string of the molecule is CCOc1ccccc1C(=O)NN=Cc1ccncc1. The van der Waals surface area contributed by atoms with E-state index in [4.69, 9.17) is 4.74 Å². The van der Waals surface area contributed by atoms with Gasteiger partial charge in [-0.25, -0.2) is 5.43 Å². The topological polar surface area (TPSA) is 63.6 Å². The molecule has 1 heterocycles. The Morgan fingerprint density at radius 2 is 2.05 bits per heavy atom. The number of nitrogens with one attached hydrogen (secondary N) is 1. The number of amides is 1. The highest BCUT2D eigenvalue weighted by Crippen LogP contribution is 2.17. The van der Waals surface area contributed by atoms with Crippen LogP contribution in [0.2, 0.25) is 0 Å². The standard InChI is InChI=1S/C15H15N3O2/c1-2-20-14-6-4-3-5-13(14)15(19)18-17-11-12-7-9-16-10-8-12/h3-11H,2H2,1H3,(H,18,19). The number of hydrazone groups is 1. The van der Waals surface area contributed by atoms with E-state index in [0.29, 0.717) is 17.9 Å². The number of para-hydroxylation sites is 1. The molecule has 0 aliphatic rings. The molecule has 0 saturated carbocycles. The molecule has 2 rings (SSSR count). The van der Waals surface area contributed by atoms with Crippen LogP contribution in [0.25, 0.3) is 0 Å². The van der Waals surface area contributed by atoms with Crippen molar-refractivity contribution in [1.29, 1.82) is 0 Å². The van der Waals surface area contributed by atoms with Crippen molar-refractivity contribution in [2.75, 3.05) is 6.61 Å². The van der Waals surface area contributed by atoms with Crippen LogP contribution in [0.15, 0.2) is 53.9 Å². The van der Waals surface area contributed by atoms with E-state index in [1.165, 1.54) is 0 Å². The van der Waals surface area contributed by atoms with E-state index >= 15 is 0 Å². The fourth-order valence-corrected chi connectivity index (χ4v) is 1.61. The summed E-state index contributed by atoms with van der Waals surface area (Å²) in [5, 5.41) is 3.91. The fourth-order valence-electron chi connectivity index (χ4n) is 1.61. The summed E-state index contributed by atoms with van der Waals surface area (Å²) in [6.45, 7) is 2.38. The Hall–Kier alpha value is -2.69. The molecule has 1 aromatic carbocycles. The van der Waals surface area contributed by atoms with Crippen molar-refractivity contribution in [3.05, 3.63) is 59.9 Å². The second-order valence-electron chi connectivity index (χ2n) is 3.91. The van der Waals surface area contributed by atoms with Crippen LogP contribution in [-0.2, 0) is 0 Å². The molecule has 0 atom stereocenters. The predicted molar refractivity (Wildman–Crippen MR) is 76.9 cm³/mol. The average Bonchev–Trinajstić information content (AvgIpc) is 2.49. The molecule has 1 amide bonds. The molecule has 5 heteroatoms. The highest BCUT2D eigenvalue weighted by molar-refractivity contribution is 5.97. The van der Waals surface area contributed by atoms with Gasteiger partial charge in [0.05, 0.1) is 18.4 Å². The quantitative estimate of drug-likeness (QED) is 0.669. The Balaban J connectivity index is 2.04. The van der Waals surface area contributed by atoms with E-state index < -0.39 is 0 Å². The number of benzene rings is 1. The molecule has 0 spiro atoms.